The fourth-order valence-corrected chi connectivity index (χ4v) is 3.23. The summed E-state index contributed by atoms with van der Waals surface area (Å²) in [4.78, 5) is 38.3. The molecule has 2 aromatic rings. The van der Waals surface area contributed by atoms with Crippen LogP contribution >= 0.6 is 0 Å². The van der Waals surface area contributed by atoms with Crippen LogP contribution in [0.3, 0.4) is 0 Å². The molecule has 1 aliphatic heterocycles. The second-order valence-corrected chi connectivity index (χ2v) is 7.20. The summed E-state index contributed by atoms with van der Waals surface area (Å²) in [6.45, 7) is 3.13. The molecule has 0 bridgehead atoms. The summed E-state index contributed by atoms with van der Waals surface area (Å²) < 4.78 is 23.9. The van der Waals surface area contributed by atoms with E-state index in [-0.39, 0.29) is 24.6 Å². The zero-order chi connectivity index (χ0) is 21.8. The van der Waals surface area contributed by atoms with Gasteiger partial charge in [-0.05, 0) is 49.2 Å². The van der Waals surface area contributed by atoms with Crippen molar-refractivity contribution in [2.45, 2.75) is 20.3 Å². The van der Waals surface area contributed by atoms with Crippen molar-refractivity contribution in [2.75, 3.05) is 30.5 Å². The van der Waals surface area contributed by atoms with Gasteiger partial charge in [0.15, 0.2) is 6.61 Å². The van der Waals surface area contributed by atoms with Crippen molar-refractivity contribution in [3.8, 4) is 5.75 Å². The van der Waals surface area contributed by atoms with Crippen LogP contribution in [-0.4, -0.2) is 38.0 Å². The highest BCUT2D eigenvalue weighted by Crippen LogP contribution is 2.34. The lowest BCUT2D eigenvalue weighted by atomic mass is 10.1. The third-order valence-corrected chi connectivity index (χ3v) is 4.88. The summed E-state index contributed by atoms with van der Waals surface area (Å²) >= 11 is 0. The SMILES string of the molecule is COc1ccc(C)cc1N1C[C@@H](C(=O)OCC(=O)Nc2ccc(C)c(F)c2)CC1=O. The molecule has 1 heterocycles. The molecule has 3 rings (SSSR count). The molecule has 0 aliphatic carbocycles. The number of amides is 2. The van der Waals surface area contributed by atoms with Crippen molar-refractivity contribution in [3.63, 3.8) is 0 Å². The molecule has 0 spiro atoms. The van der Waals surface area contributed by atoms with Gasteiger partial charge in [0.25, 0.3) is 5.91 Å². The minimum absolute atomic E-state index is 0.0132. The largest absolute Gasteiger partial charge is 0.495 e. The number of esters is 1. The van der Waals surface area contributed by atoms with Crippen molar-refractivity contribution in [2.24, 2.45) is 5.92 Å². The van der Waals surface area contributed by atoms with Crippen LogP contribution in [0.2, 0.25) is 0 Å². The Morgan fingerprint density at radius 3 is 2.67 bits per heavy atom. The van der Waals surface area contributed by atoms with Crippen LogP contribution in [-0.2, 0) is 19.1 Å². The second-order valence-electron chi connectivity index (χ2n) is 7.20. The predicted molar refractivity (Wildman–Crippen MR) is 109 cm³/mol. The smallest absolute Gasteiger partial charge is 0.311 e. The molecule has 0 aromatic heterocycles. The summed E-state index contributed by atoms with van der Waals surface area (Å²) in [6.07, 6.45) is -0.0132. The number of ether oxygens (including phenoxy) is 2. The number of hydrogen-bond acceptors (Lipinski definition) is 5. The first-order chi connectivity index (χ1) is 14.3. The Kier molecular flexibility index (Phi) is 6.34. The molecule has 1 saturated heterocycles. The van der Waals surface area contributed by atoms with Crippen LogP contribution in [0.25, 0.3) is 0 Å². The number of anilines is 2. The first kappa shape index (κ1) is 21.3. The zero-order valence-corrected chi connectivity index (χ0v) is 17.0. The molecule has 7 nitrogen and oxygen atoms in total. The van der Waals surface area contributed by atoms with Gasteiger partial charge in [-0.25, -0.2) is 4.39 Å². The van der Waals surface area contributed by atoms with Crippen LogP contribution in [0.15, 0.2) is 36.4 Å². The van der Waals surface area contributed by atoms with Gasteiger partial charge in [-0.15, -0.1) is 0 Å². The van der Waals surface area contributed by atoms with E-state index >= 15 is 0 Å². The second kappa shape index (κ2) is 8.94. The number of carbonyl (C=O) groups excluding carboxylic acids is 3. The van der Waals surface area contributed by atoms with Crippen LogP contribution in [0.4, 0.5) is 15.8 Å². The third-order valence-electron chi connectivity index (χ3n) is 4.88. The number of methoxy groups -OCH3 is 1. The summed E-state index contributed by atoms with van der Waals surface area (Å²) in [6, 6.07) is 9.74. The Morgan fingerprint density at radius 1 is 1.20 bits per heavy atom. The maximum Gasteiger partial charge on any atom is 0.311 e. The van der Waals surface area contributed by atoms with Crippen LogP contribution in [0.5, 0.6) is 5.75 Å². The lowest BCUT2D eigenvalue weighted by Crippen LogP contribution is -2.28. The maximum atomic E-state index is 13.6. The molecular weight excluding hydrogens is 391 g/mol. The zero-order valence-electron chi connectivity index (χ0n) is 17.0. The average molecular weight is 414 g/mol. The van der Waals surface area contributed by atoms with E-state index < -0.39 is 30.2 Å². The van der Waals surface area contributed by atoms with Crippen LogP contribution < -0.4 is 15.0 Å². The average Bonchev–Trinajstić information content (AvgIpc) is 3.10. The molecular formula is C22H23FN2O5. The van der Waals surface area contributed by atoms with Crippen molar-refractivity contribution < 1.29 is 28.2 Å². The molecule has 2 aromatic carbocycles. The van der Waals surface area contributed by atoms with E-state index in [0.717, 1.165) is 5.56 Å². The van der Waals surface area contributed by atoms with Crippen LogP contribution in [0.1, 0.15) is 17.5 Å². The van der Waals surface area contributed by atoms with E-state index in [2.05, 4.69) is 5.32 Å². The monoisotopic (exact) mass is 414 g/mol. The highest BCUT2D eigenvalue weighted by atomic mass is 19.1. The summed E-state index contributed by atoms with van der Waals surface area (Å²) in [5, 5.41) is 2.47. The van der Waals surface area contributed by atoms with Gasteiger partial charge in [0.1, 0.15) is 11.6 Å². The number of hydrogen-bond donors (Lipinski definition) is 1. The van der Waals surface area contributed by atoms with Crippen LogP contribution in [0, 0.1) is 25.6 Å². The first-order valence-corrected chi connectivity index (χ1v) is 9.46. The van der Waals surface area contributed by atoms with E-state index in [1.807, 2.05) is 19.1 Å². The van der Waals surface area contributed by atoms with E-state index in [0.29, 0.717) is 17.0 Å². The number of nitrogens with zero attached hydrogens (tertiary/aromatic N) is 1. The number of nitrogens with one attached hydrogen (secondary N) is 1. The lowest BCUT2D eigenvalue weighted by Gasteiger charge is -2.20. The van der Waals surface area contributed by atoms with E-state index in [9.17, 15) is 18.8 Å². The van der Waals surface area contributed by atoms with E-state index in [1.54, 1.807) is 19.1 Å². The molecule has 0 saturated carbocycles. The summed E-state index contributed by atoms with van der Waals surface area (Å²) in [7, 11) is 1.51. The van der Waals surface area contributed by atoms with Gasteiger partial charge in [0.05, 0.1) is 18.7 Å². The molecule has 0 unspecified atom stereocenters. The number of halogens is 1. The molecule has 8 heteroatoms. The summed E-state index contributed by atoms with van der Waals surface area (Å²) in [5.74, 6) is -2.04. The maximum absolute atomic E-state index is 13.6. The molecule has 1 fully saturated rings. The molecule has 158 valence electrons. The minimum Gasteiger partial charge on any atom is -0.495 e. The summed E-state index contributed by atoms with van der Waals surface area (Å²) in [5.41, 5.74) is 2.28. The fourth-order valence-electron chi connectivity index (χ4n) is 3.23. The number of aryl methyl sites for hydroxylation is 2. The first-order valence-electron chi connectivity index (χ1n) is 9.46. The third kappa shape index (κ3) is 4.76. The van der Waals surface area contributed by atoms with Gasteiger partial charge in [0, 0.05) is 18.7 Å². The number of rotatable bonds is 6. The van der Waals surface area contributed by atoms with Gasteiger partial charge in [-0.3, -0.25) is 14.4 Å². The van der Waals surface area contributed by atoms with E-state index in [1.165, 1.54) is 24.1 Å². The van der Waals surface area contributed by atoms with E-state index in [4.69, 9.17) is 9.47 Å². The van der Waals surface area contributed by atoms with Crippen molar-refractivity contribution in [3.05, 3.63) is 53.3 Å². The normalized spacial score (nSPS) is 15.8. The van der Waals surface area contributed by atoms with Gasteiger partial charge < -0.3 is 19.7 Å². The predicted octanol–water partition coefficient (Wildman–Crippen LogP) is 2.99. The Balaban J connectivity index is 1.57. The lowest BCUT2D eigenvalue weighted by molar-refractivity contribution is -0.151. The number of carbonyl (C=O) groups is 3. The molecule has 0 radical (unpaired) electrons. The van der Waals surface area contributed by atoms with Gasteiger partial charge in [-0.2, -0.15) is 0 Å². The van der Waals surface area contributed by atoms with Gasteiger partial charge in [0.2, 0.25) is 5.91 Å². The molecule has 2 amide bonds. The highest BCUT2D eigenvalue weighted by molar-refractivity contribution is 6.01. The Bertz CT molecular complexity index is 991. The molecule has 30 heavy (non-hydrogen) atoms. The Hall–Kier alpha value is -3.42. The van der Waals surface area contributed by atoms with Gasteiger partial charge in [-0.1, -0.05) is 12.1 Å². The van der Waals surface area contributed by atoms with Crippen molar-refractivity contribution >= 4 is 29.2 Å². The number of benzene rings is 2. The molecule has 1 atom stereocenters. The topological polar surface area (TPSA) is 84.9 Å². The fraction of sp³-hybridized carbons (Fsp3) is 0.318. The highest BCUT2D eigenvalue weighted by Gasteiger charge is 2.37. The Labute approximate surface area is 173 Å². The Morgan fingerprint density at radius 2 is 1.97 bits per heavy atom. The minimum atomic E-state index is -0.688. The quantitative estimate of drug-likeness (QED) is 0.735. The van der Waals surface area contributed by atoms with Gasteiger partial charge >= 0.3 is 5.97 Å². The van der Waals surface area contributed by atoms with Crippen molar-refractivity contribution in [1.29, 1.82) is 0 Å². The molecule has 1 N–H and O–H groups in total. The van der Waals surface area contributed by atoms with Crippen molar-refractivity contribution in [1.82, 2.24) is 0 Å². The molecule has 1 aliphatic rings. The standard InChI is InChI=1S/C22H23FN2O5/c1-13-4-7-19(29-3)18(8-13)25-11-15(9-21(25)27)22(28)30-12-20(26)24-16-6-5-14(2)17(23)10-16/h4-8,10,15H,9,11-12H2,1-3H3,(H,24,26)/t15-/m0/s1.